The van der Waals surface area contributed by atoms with E-state index in [-0.39, 0.29) is 34.5 Å². The molecule has 0 aromatic heterocycles. The maximum atomic E-state index is 13.7. The van der Waals surface area contributed by atoms with E-state index in [1.165, 1.54) is 24.3 Å². The van der Waals surface area contributed by atoms with Gasteiger partial charge in [-0.15, -0.1) is 4.40 Å². The maximum absolute atomic E-state index is 13.7. The van der Waals surface area contributed by atoms with E-state index in [9.17, 15) is 21.6 Å². The molecule has 1 heterocycles. The van der Waals surface area contributed by atoms with Crippen LogP contribution in [0.2, 0.25) is 0 Å². The Kier molecular flexibility index (Phi) is 9.43. The molecule has 37 heavy (non-hydrogen) atoms. The Morgan fingerprint density at radius 3 is 2.00 bits per heavy atom. The average Bonchev–Trinajstić information content (AvgIpc) is 3.50. The first-order valence-electron chi connectivity index (χ1n) is 11.8. The number of ether oxygens (including phenoxy) is 1. The second-order valence-corrected chi connectivity index (χ2v) is 14.4. The van der Waals surface area contributed by atoms with Crippen molar-refractivity contribution in [2.45, 2.75) is 72.1 Å². The van der Waals surface area contributed by atoms with Crippen molar-refractivity contribution < 1.29 is 26.4 Å². The van der Waals surface area contributed by atoms with Gasteiger partial charge >= 0.3 is 0 Å². The largest absolute Gasteiger partial charge is 0.480 e. The van der Waals surface area contributed by atoms with E-state index in [1.54, 1.807) is 31.2 Å². The molecule has 0 radical (unpaired) electrons. The number of aryl methyl sites for hydroxylation is 2. The zero-order chi connectivity index (χ0) is 27.6. The Balaban J connectivity index is 2.06. The number of rotatable bonds is 11. The standard InChI is InChI=1S/C25H30Br2N2O6S2/c1-5-7-8-21(30)25(27)23(29(25)37(33,34)20-15-11-18(4)12-16-20)22(26)24(35-6-2)28-36(31,32)19-13-9-17(3)10-14-19/h9-16,22-23H,5-8H2,1-4H3/b28-24+/t22-,23-,25-,29?/m0/s1. The summed E-state index contributed by atoms with van der Waals surface area (Å²) in [5.41, 5.74) is 1.77. The number of hydrogen-bond acceptors (Lipinski definition) is 6. The van der Waals surface area contributed by atoms with Crippen molar-refractivity contribution in [3.05, 3.63) is 59.7 Å². The van der Waals surface area contributed by atoms with Crippen LogP contribution in [0.1, 0.15) is 44.2 Å². The number of carbonyl (C=O) groups excluding carboxylic acids is 1. The predicted molar refractivity (Wildman–Crippen MR) is 150 cm³/mol. The lowest BCUT2D eigenvalue weighted by atomic mass is 10.1. The van der Waals surface area contributed by atoms with E-state index < -0.39 is 35.4 Å². The van der Waals surface area contributed by atoms with Crippen LogP contribution in [0.15, 0.2) is 62.7 Å². The molecule has 0 amide bonds. The molecule has 0 spiro atoms. The van der Waals surface area contributed by atoms with Gasteiger partial charge in [-0.1, -0.05) is 80.6 Å². The molecule has 8 nitrogen and oxygen atoms in total. The zero-order valence-electron chi connectivity index (χ0n) is 21.0. The monoisotopic (exact) mass is 676 g/mol. The average molecular weight is 678 g/mol. The highest BCUT2D eigenvalue weighted by Gasteiger charge is 2.74. The summed E-state index contributed by atoms with van der Waals surface area (Å²) in [7, 11) is -8.29. The minimum atomic E-state index is -4.17. The summed E-state index contributed by atoms with van der Waals surface area (Å²) < 4.78 is 62.4. The molecular weight excluding hydrogens is 648 g/mol. The van der Waals surface area contributed by atoms with Gasteiger partial charge in [0.05, 0.1) is 22.4 Å². The first-order chi connectivity index (χ1) is 17.3. The van der Waals surface area contributed by atoms with Gasteiger partial charge in [-0.25, -0.2) is 8.42 Å². The lowest BCUT2D eigenvalue weighted by Gasteiger charge is -2.14. The van der Waals surface area contributed by atoms with E-state index in [0.717, 1.165) is 21.9 Å². The highest BCUT2D eigenvalue weighted by atomic mass is 79.9. The van der Waals surface area contributed by atoms with Crippen LogP contribution in [0, 0.1) is 13.8 Å². The van der Waals surface area contributed by atoms with Gasteiger partial charge < -0.3 is 4.74 Å². The first kappa shape index (κ1) is 29.9. The lowest BCUT2D eigenvalue weighted by Crippen LogP contribution is -2.31. The van der Waals surface area contributed by atoms with Crippen LogP contribution in [0.4, 0.5) is 0 Å². The van der Waals surface area contributed by atoms with Crippen molar-refractivity contribution in [1.29, 1.82) is 0 Å². The maximum Gasteiger partial charge on any atom is 0.285 e. The Hall–Kier alpha value is -1.60. The molecule has 3 rings (SSSR count). The van der Waals surface area contributed by atoms with E-state index in [1.807, 2.05) is 20.8 Å². The molecule has 0 bridgehead atoms. The third-order valence-electron chi connectivity index (χ3n) is 5.96. The highest BCUT2D eigenvalue weighted by Crippen LogP contribution is 2.55. The molecule has 12 heteroatoms. The van der Waals surface area contributed by atoms with E-state index >= 15 is 0 Å². The number of unbranched alkanes of at least 4 members (excludes halogenated alkanes) is 1. The number of sulfonamides is 2. The molecular formula is C25H30Br2N2O6S2. The topological polar surface area (TPSA) is 110 Å². The zero-order valence-corrected chi connectivity index (χ0v) is 25.8. The number of ketones is 1. The van der Waals surface area contributed by atoms with E-state index in [0.29, 0.717) is 6.42 Å². The van der Waals surface area contributed by atoms with Gasteiger partial charge in [-0.05, 0) is 51.5 Å². The third kappa shape index (κ3) is 6.19. The second-order valence-electron chi connectivity index (χ2n) is 8.81. The number of Topliss-reactive ketones (excluding diaryl/α,β-unsaturated/α-hetero) is 1. The number of benzene rings is 2. The van der Waals surface area contributed by atoms with Crippen molar-refractivity contribution in [2.24, 2.45) is 4.40 Å². The Bertz CT molecular complexity index is 1380. The normalized spacial score (nSPS) is 22.9. The summed E-state index contributed by atoms with van der Waals surface area (Å²) >= 11 is 6.86. The van der Waals surface area contributed by atoms with Crippen molar-refractivity contribution in [1.82, 2.24) is 4.31 Å². The summed E-state index contributed by atoms with van der Waals surface area (Å²) in [5.74, 6) is -0.557. The quantitative estimate of drug-likeness (QED) is 0.107. The van der Waals surface area contributed by atoms with Crippen LogP contribution in [0.25, 0.3) is 0 Å². The van der Waals surface area contributed by atoms with Crippen molar-refractivity contribution in [2.75, 3.05) is 6.61 Å². The van der Waals surface area contributed by atoms with Gasteiger partial charge in [-0.2, -0.15) is 12.7 Å². The minimum absolute atomic E-state index is 0.0228. The molecule has 202 valence electrons. The number of alkyl halides is 2. The van der Waals surface area contributed by atoms with E-state index in [4.69, 9.17) is 4.74 Å². The van der Waals surface area contributed by atoms with Gasteiger partial charge in [0, 0.05) is 6.42 Å². The molecule has 0 aliphatic carbocycles. The summed E-state index contributed by atoms with van der Waals surface area (Å²) in [5, 5.41) is 0. The molecule has 2 aromatic carbocycles. The molecule has 1 unspecified atom stereocenters. The Morgan fingerprint density at radius 2 is 1.51 bits per heavy atom. The fourth-order valence-corrected chi connectivity index (χ4v) is 9.62. The summed E-state index contributed by atoms with van der Waals surface area (Å²) in [6.45, 7) is 7.35. The number of nitrogens with zero attached hydrogens (tertiary/aromatic N) is 2. The van der Waals surface area contributed by atoms with Crippen molar-refractivity contribution >= 4 is 63.6 Å². The lowest BCUT2D eigenvalue weighted by molar-refractivity contribution is -0.119. The number of halogens is 2. The van der Waals surface area contributed by atoms with Gasteiger partial charge in [-0.3, -0.25) is 4.79 Å². The molecule has 1 saturated heterocycles. The molecule has 0 saturated carbocycles. The van der Waals surface area contributed by atoms with Crippen LogP contribution in [-0.2, 0) is 29.6 Å². The molecule has 4 atom stereocenters. The minimum Gasteiger partial charge on any atom is -0.480 e. The number of carbonyl (C=O) groups is 1. The number of hydrogen-bond donors (Lipinski definition) is 0. The fourth-order valence-electron chi connectivity index (χ4n) is 3.85. The first-order valence-corrected chi connectivity index (χ1v) is 16.4. The molecule has 1 aliphatic rings. The summed E-state index contributed by atoms with van der Waals surface area (Å²) in [6.07, 6.45) is 1.49. The Morgan fingerprint density at radius 1 is 1.00 bits per heavy atom. The van der Waals surface area contributed by atoms with Crippen LogP contribution in [-0.4, -0.2) is 54.7 Å². The molecule has 1 fully saturated rings. The van der Waals surface area contributed by atoms with Crippen LogP contribution >= 0.6 is 31.9 Å². The summed E-state index contributed by atoms with van der Waals surface area (Å²) in [4.78, 5) is 12.3. The van der Waals surface area contributed by atoms with Gasteiger partial charge in [0.1, 0.15) is 4.83 Å². The molecule has 2 aromatic rings. The third-order valence-corrected chi connectivity index (χ3v) is 11.6. The van der Waals surface area contributed by atoms with Gasteiger partial charge in [0.15, 0.2) is 10.2 Å². The highest BCUT2D eigenvalue weighted by molar-refractivity contribution is 9.11. The SMILES string of the molecule is CCCCC(=O)[C@@]1(Br)[C@H]([C@H](Br)/C(=N\S(=O)(=O)c2ccc(C)cc2)OCC)N1S(=O)(=O)c1ccc(C)cc1. The Labute approximate surface area is 235 Å². The predicted octanol–water partition coefficient (Wildman–Crippen LogP) is 5.11. The fraction of sp³-hybridized carbons (Fsp3) is 0.440. The van der Waals surface area contributed by atoms with Crippen molar-refractivity contribution in [3.63, 3.8) is 0 Å². The second kappa shape index (κ2) is 11.6. The van der Waals surface area contributed by atoms with Gasteiger partial charge in [0.2, 0.25) is 15.9 Å². The van der Waals surface area contributed by atoms with E-state index in [2.05, 4.69) is 36.3 Å². The van der Waals surface area contributed by atoms with Crippen LogP contribution in [0.3, 0.4) is 0 Å². The summed E-state index contributed by atoms with van der Waals surface area (Å²) in [6, 6.07) is 11.5. The molecule has 0 N–H and O–H groups in total. The van der Waals surface area contributed by atoms with Crippen molar-refractivity contribution in [3.8, 4) is 0 Å². The van der Waals surface area contributed by atoms with Gasteiger partial charge in [0.25, 0.3) is 10.0 Å². The molecule has 1 aliphatic heterocycles. The van der Waals surface area contributed by atoms with Crippen LogP contribution in [0.5, 0.6) is 0 Å². The van der Waals surface area contributed by atoms with Crippen LogP contribution < -0.4 is 0 Å². The smallest absolute Gasteiger partial charge is 0.285 e.